The molecule has 132 valence electrons. The third kappa shape index (κ3) is 6.42. The number of nitrogens with one attached hydrogen (secondary N) is 3. The van der Waals surface area contributed by atoms with Gasteiger partial charge >= 0.3 is 6.03 Å². The number of unbranched alkanes of at least 4 members (excludes halogenated alkanes) is 1. The van der Waals surface area contributed by atoms with Crippen molar-refractivity contribution >= 4 is 43.4 Å². The van der Waals surface area contributed by atoms with Gasteiger partial charge in [-0.1, -0.05) is 6.42 Å². The highest BCUT2D eigenvalue weighted by Crippen LogP contribution is 2.33. The lowest BCUT2D eigenvalue weighted by Gasteiger charge is -2.16. The minimum Gasteiger partial charge on any atom is -0.355 e. The molecule has 2 fully saturated rings. The Balaban J connectivity index is 1.52. The molecule has 0 aromatic carbocycles. The summed E-state index contributed by atoms with van der Waals surface area (Å²) < 4.78 is 21.9. The van der Waals surface area contributed by atoms with Gasteiger partial charge in [-0.2, -0.15) is 11.8 Å². The van der Waals surface area contributed by atoms with Gasteiger partial charge in [0.2, 0.25) is 5.91 Å². The second kappa shape index (κ2) is 8.48. The Hall–Kier alpha value is -0.610. The van der Waals surface area contributed by atoms with Crippen LogP contribution in [0.2, 0.25) is 0 Å². The Morgan fingerprint density at radius 1 is 1.39 bits per heavy atom. The van der Waals surface area contributed by atoms with Gasteiger partial charge in [-0.3, -0.25) is 4.79 Å². The van der Waals surface area contributed by atoms with Crippen molar-refractivity contribution in [1.82, 2.24) is 16.0 Å². The van der Waals surface area contributed by atoms with Crippen LogP contribution in [0.4, 0.5) is 4.79 Å². The van der Waals surface area contributed by atoms with Crippen LogP contribution in [-0.2, 0) is 13.7 Å². The van der Waals surface area contributed by atoms with Gasteiger partial charge in [0.15, 0.2) is 8.87 Å². The number of amides is 3. The van der Waals surface area contributed by atoms with Crippen molar-refractivity contribution in [2.75, 3.05) is 24.3 Å². The lowest BCUT2D eigenvalue weighted by molar-refractivity contribution is -0.121. The molecule has 3 atom stereocenters. The molecule has 10 heteroatoms. The van der Waals surface area contributed by atoms with E-state index in [0.717, 1.165) is 42.1 Å². The molecular weight excluding hydrogens is 358 g/mol. The molecule has 0 spiro atoms. The molecule has 0 bridgehead atoms. The summed E-state index contributed by atoms with van der Waals surface area (Å²) in [5, 5.41) is 9.03. The van der Waals surface area contributed by atoms with E-state index in [9.17, 15) is 18.0 Å². The highest BCUT2D eigenvalue weighted by Gasteiger charge is 2.42. The van der Waals surface area contributed by atoms with E-state index >= 15 is 0 Å². The van der Waals surface area contributed by atoms with Crippen LogP contribution in [0.5, 0.6) is 0 Å². The predicted molar refractivity (Wildman–Crippen MR) is 94.3 cm³/mol. The second-order valence-corrected chi connectivity index (χ2v) is 11.6. The van der Waals surface area contributed by atoms with Gasteiger partial charge in [-0.15, -0.1) is 0 Å². The van der Waals surface area contributed by atoms with Gasteiger partial charge in [-0.05, 0) is 23.6 Å². The van der Waals surface area contributed by atoms with E-state index in [1.54, 1.807) is 0 Å². The molecule has 0 unspecified atom stereocenters. The van der Waals surface area contributed by atoms with Crippen molar-refractivity contribution in [3.05, 3.63) is 0 Å². The molecule has 3 N–H and O–H groups in total. The average molecular weight is 382 g/mol. The Morgan fingerprint density at radius 2 is 2.17 bits per heavy atom. The van der Waals surface area contributed by atoms with Gasteiger partial charge in [0.25, 0.3) is 0 Å². The zero-order valence-corrected chi connectivity index (χ0v) is 15.5. The van der Waals surface area contributed by atoms with Crippen LogP contribution in [0.15, 0.2) is 0 Å². The molecule has 2 rings (SSSR count). The molecule has 0 aliphatic carbocycles. The van der Waals surface area contributed by atoms with Crippen molar-refractivity contribution in [2.24, 2.45) is 0 Å². The Bertz CT molecular complexity index is 541. The number of hydrogen-bond acceptors (Lipinski definition) is 6. The van der Waals surface area contributed by atoms with Gasteiger partial charge in [0, 0.05) is 36.0 Å². The van der Waals surface area contributed by atoms with E-state index in [0.29, 0.717) is 24.0 Å². The van der Waals surface area contributed by atoms with Gasteiger partial charge in [0.1, 0.15) is 0 Å². The first-order valence-electron chi connectivity index (χ1n) is 7.65. The van der Waals surface area contributed by atoms with Crippen LogP contribution >= 0.6 is 22.6 Å². The molecule has 3 amide bonds. The lowest BCUT2D eigenvalue weighted by Crippen LogP contribution is -2.36. The largest absolute Gasteiger partial charge is 0.355 e. The number of thioether (sulfide) groups is 1. The zero-order valence-electron chi connectivity index (χ0n) is 13.0. The number of carbonyl (C=O) groups excluding carboxylic acids is 2. The maximum Gasteiger partial charge on any atom is 0.315 e. The smallest absolute Gasteiger partial charge is 0.315 e. The molecule has 0 saturated carbocycles. The van der Waals surface area contributed by atoms with Crippen LogP contribution in [0.3, 0.4) is 0 Å². The van der Waals surface area contributed by atoms with E-state index in [1.165, 1.54) is 0 Å². The summed E-state index contributed by atoms with van der Waals surface area (Å²) in [6.45, 7) is 0.372. The van der Waals surface area contributed by atoms with Crippen molar-refractivity contribution in [3.8, 4) is 0 Å². The SMILES string of the molecule is CS(=O)(=O)SCCNC(=O)CCCC[C@@H]1SC[C@H]2NC(=O)N[C@@H]12. The second-order valence-electron chi connectivity index (χ2n) is 5.74. The first kappa shape index (κ1) is 18.7. The topological polar surface area (TPSA) is 104 Å². The summed E-state index contributed by atoms with van der Waals surface area (Å²) in [6.07, 6.45) is 4.36. The van der Waals surface area contributed by atoms with Crippen molar-refractivity contribution in [3.63, 3.8) is 0 Å². The molecule has 0 aromatic rings. The summed E-state index contributed by atoms with van der Waals surface area (Å²) in [6, 6.07) is 0.388. The van der Waals surface area contributed by atoms with Crippen molar-refractivity contribution in [2.45, 2.75) is 43.0 Å². The normalized spacial score (nSPS) is 26.5. The van der Waals surface area contributed by atoms with Crippen LogP contribution in [-0.4, -0.2) is 62.0 Å². The van der Waals surface area contributed by atoms with Crippen LogP contribution in [0.1, 0.15) is 25.7 Å². The third-order valence-electron chi connectivity index (χ3n) is 3.80. The molecule has 2 aliphatic heterocycles. The number of urea groups is 1. The molecule has 0 radical (unpaired) electrons. The number of hydrogen-bond donors (Lipinski definition) is 3. The fourth-order valence-electron chi connectivity index (χ4n) is 2.75. The fourth-order valence-corrected chi connectivity index (χ4v) is 5.94. The summed E-state index contributed by atoms with van der Waals surface area (Å²) in [7, 11) is -2.19. The Labute approximate surface area is 144 Å². The molecular formula is C13H23N3O4S3. The monoisotopic (exact) mass is 381 g/mol. The van der Waals surface area contributed by atoms with Crippen LogP contribution < -0.4 is 16.0 Å². The molecule has 0 aromatic heterocycles. The summed E-state index contributed by atoms with van der Waals surface area (Å²) >= 11 is 1.88. The maximum absolute atomic E-state index is 11.6. The summed E-state index contributed by atoms with van der Waals surface area (Å²) in [5.74, 6) is 1.29. The molecule has 2 aliphatic rings. The van der Waals surface area contributed by atoms with Gasteiger partial charge in [-0.25, -0.2) is 13.2 Å². The number of fused-ring (bicyclic) bond motifs is 1. The first-order chi connectivity index (χ1) is 10.8. The summed E-state index contributed by atoms with van der Waals surface area (Å²) in [5.41, 5.74) is 0. The van der Waals surface area contributed by atoms with E-state index in [2.05, 4.69) is 16.0 Å². The predicted octanol–water partition coefficient (Wildman–Crippen LogP) is 0.521. The third-order valence-corrected chi connectivity index (χ3v) is 7.89. The molecule has 23 heavy (non-hydrogen) atoms. The van der Waals surface area contributed by atoms with E-state index in [1.807, 2.05) is 11.8 Å². The van der Waals surface area contributed by atoms with E-state index < -0.39 is 8.87 Å². The van der Waals surface area contributed by atoms with E-state index in [4.69, 9.17) is 0 Å². The maximum atomic E-state index is 11.6. The number of carbonyl (C=O) groups is 2. The highest BCUT2D eigenvalue weighted by atomic mass is 33.1. The van der Waals surface area contributed by atoms with E-state index in [-0.39, 0.29) is 24.0 Å². The Morgan fingerprint density at radius 3 is 2.91 bits per heavy atom. The fraction of sp³-hybridized carbons (Fsp3) is 0.846. The van der Waals surface area contributed by atoms with Crippen LogP contribution in [0.25, 0.3) is 0 Å². The average Bonchev–Trinajstić information content (AvgIpc) is 2.98. The van der Waals surface area contributed by atoms with Crippen molar-refractivity contribution in [1.29, 1.82) is 0 Å². The standard InChI is InChI=1S/C13H23N3O4S3/c1-23(19,20)22-7-6-14-11(17)5-3-2-4-10-12-9(8-21-10)15-13(18)16-12/h9-10,12H,2-8H2,1H3,(H,14,17)(H2,15,16,18)/t9-,10+,12-/m1/s1. The van der Waals surface area contributed by atoms with Gasteiger partial charge < -0.3 is 16.0 Å². The quantitative estimate of drug-likeness (QED) is 0.306. The first-order valence-corrected chi connectivity index (χ1v) is 12.1. The minimum absolute atomic E-state index is 0.0353. The molecule has 2 saturated heterocycles. The zero-order chi connectivity index (χ0) is 16.9. The molecule has 2 heterocycles. The molecule has 7 nitrogen and oxygen atoms in total. The summed E-state index contributed by atoms with van der Waals surface area (Å²) in [4.78, 5) is 22.9. The minimum atomic E-state index is -3.04. The lowest BCUT2D eigenvalue weighted by atomic mass is 10.0. The van der Waals surface area contributed by atoms with Crippen molar-refractivity contribution < 1.29 is 18.0 Å². The Kier molecular flexibility index (Phi) is 6.90. The van der Waals surface area contributed by atoms with Crippen LogP contribution in [0, 0.1) is 0 Å². The highest BCUT2D eigenvalue weighted by molar-refractivity contribution is 8.71. The van der Waals surface area contributed by atoms with Gasteiger partial charge in [0.05, 0.1) is 12.1 Å². The number of rotatable bonds is 9.